The number of benzene rings is 2. The van der Waals surface area contributed by atoms with Crippen molar-refractivity contribution in [3.8, 4) is 17.2 Å². The Hall–Kier alpha value is -2.57. The Morgan fingerprint density at radius 3 is 2.58 bits per heavy atom. The molecular weight excluding hydrogens is 366 g/mol. The summed E-state index contributed by atoms with van der Waals surface area (Å²) in [6.45, 7) is 4.08. The molecule has 0 atom stereocenters. The van der Waals surface area contributed by atoms with E-state index in [4.69, 9.17) is 21.7 Å². The molecule has 0 aromatic heterocycles. The molecule has 1 saturated heterocycles. The molecule has 1 aliphatic heterocycles. The topological polar surface area (TPSA) is 38.8 Å². The van der Waals surface area contributed by atoms with Crippen LogP contribution in [0.2, 0.25) is 0 Å². The lowest BCUT2D eigenvalue weighted by atomic mass is 10.2. The summed E-state index contributed by atoms with van der Waals surface area (Å²) in [5, 5.41) is 0. The molecule has 1 amide bonds. The van der Waals surface area contributed by atoms with E-state index in [9.17, 15) is 4.79 Å². The van der Waals surface area contributed by atoms with E-state index < -0.39 is 0 Å². The standard InChI is InChI=1S/C20H17NO3S2/c1-3-11-21-19(22)18(26-20(21)25)13-14-5-4-6-17(12-14)24-16-9-7-15(23-2)8-10-16/h3-10,12-13H,1,11H2,2H3/b18-13+. The van der Waals surface area contributed by atoms with Gasteiger partial charge in [-0.1, -0.05) is 42.2 Å². The molecule has 0 saturated carbocycles. The maximum absolute atomic E-state index is 12.4. The van der Waals surface area contributed by atoms with Crippen LogP contribution in [0.3, 0.4) is 0 Å². The van der Waals surface area contributed by atoms with Crippen LogP contribution in [0, 0.1) is 0 Å². The number of thiocarbonyl (C=S) groups is 1. The van der Waals surface area contributed by atoms with E-state index in [-0.39, 0.29) is 5.91 Å². The zero-order chi connectivity index (χ0) is 18.5. The first-order valence-electron chi connectivity index (χ1n) is 7.89. The molecule has 0 radical (unpaired) electrons. The van der Waals surface area contributed by atoms with Crippen LogP contribution in [0.5, 0.6) is 17.2 Å². The van der Waals surface area contributed by atoms with Gasteiger partial charge in [0, 0.05) is 6.54 Å². The van der Waals surface area contributed by atoms with Crippen molar-refractivity contribution < 1.29 is 14.3 Å². The minimum Gasteiger partial charge on any atom is -0.497 e. The predicted octanol–water partition coefficient (Wildman–Crippen LogP) is 4.87. The second kappa shape index (κ2) is 8.21. The Morgan fingerprint density at radius 2 is 1.88 bits per heavy atom. The maximum Gasteiger partial charge on any atom is 0.266 e. The normalized spacial score (nSPS) is 15.4. The molecule has 0 N–H and O–H groups in total. The Kier molecular flexibility index (Phi) is 5.75. The van der Waals surface area contributed by atoms with Crippen LogP contribution in [0.15, 0.2) is 66.1 Å². The number of hydrogen-bond donors (Lipinski definition) is 0. The monoisotopic (exact) mass is 383 g/mol. The molecule has 1 aliphatic rings. The quantitative estimate of drug-likeness (QED) is 0.404. The zero-order valence-corrected chi connectivity index (χ0v) is 15.8. The van der Waals surface area contributed by atoms with Gasteiger partial charge in [0.1, 0.15) is 21.6 Å². The number of hydrogen-bond acceptors (Lipinski definition) is 5. The number of carbonyl (C=O) groups is 1. The van der Waals surface area contributed by atoms with Crippen LogP contribution in [-0.2, 0) is 4.79 Å². The number of amides is 1. The highest BCUT2D eigenvalue weighted by Crippen LogP contribution is 2.33. The van der Waals surface area contributed by atoms with E-state index in [2.05, 4.69) is 6.58 Å². The first kappa shape index (κ1) is 18.2. The van der Waals surface area contributed by atoms with E-state index in [0.717, 1.165) is 11.3 Å². The summed E-state index contributed by atoms with van der Waals surface area (Å²) in [5.41, 5.74) is 0.870. The number of methoxy groups -OCH3 is 1. The lowest BCUT2D eigenvalue weighted by Crippen LogP contribution is -2.27. The van der Waals surface area contributed by atoms with E-state index in [1.165, 1.54) is 16.7 Å². The summed E-state index contributed by atoms with van der Waals surface area (Å²) in [7, 11) is 1.62. The third-order valence-electron chi connectivity index (χ3n) is 3.64. The SMILES string of the molecule is C=CCN1C(=O)/C(=C\c2cccc(Oc3ccc(OC)cc3)c2)SC1=S. The van der Waals surface area contributed by atoms with Crippen LogP contribution in [0.25, 0.3) is 6.08 Å². The summed E-state index contributed by atoms with van der Waals surface area (Å²) in [6.07, 6.45) is 3.49. The third-order valence-corrected chi connectivity index (χ3v) is 5.01. The fourth-order valence-corrected chi connectivity index (χ4v) is 3.66. The van der Waals surface area contributed by atoms with Gasteiger partial charge in [0.05, 0.1) is 12.0 Å². The van der Waals surface area contributed by atoms with Gasteiger partial charge in [-0.15, -0.1) is 6.58 Å². The van der Waals surface area contributed by atoms with Gasteiger partial charge < -0.3 is 9.47 Å². The highest BCUT2D eigenvalue weighted by Gasteiger charge is 2.30. The summed E-state index contributed by atoms with van der Waals surface area (Å²) in [6, 6.07) is 14.9. The summed E-state index contributed by atoms with van der Waals surface area (Å²) >= 11 is 6.55. The summed E-state index contributed by atoms with van der Waals surface area (Å²) < 4.78 is 11.6. The molecule has 6 heteroatoms. The van der Waals surface area contributed by atoms with Crippen molar-refractivity contribution in [1.29, 1.82) is 0 Å². The largest absolute Gasteiger partial charge is 0.497 e. The van der Waals surface area contributed by atoms with E-state index in [1.807, 2.05) is 54.6 Å². The number of thioether (sulfide) groups is 1. The number of rotatable bonds is 6. The highest BCUT2D eigenvalue weighted by atomic mass is 32.2. The fourth-order valence-electron chi connectivity index (χ4n) is 2.39. The molecule has 0 unspecified atom stereocenters. The smallest absolute Gasteiger partial charge is 0.266 e. The zero-order valence-electron chi connectivity index (χ0n) is 14.2. The molecule has 1 fully saturated rings. The van der Waals surface area contributed by atoms with Gasteiger partial charge in [-0.3, -0.25) is 9.69 Å². The molecule has 0 aliphatic carbocycles. The van der Waals surface area contributed by atoms with Crippen molar-refractivity contribution in [3.05, 3.63) is 71.7 Å². The molecule has 26 heavy (non-hydrogen) atoms. The Labute approximate surface area is 162 Å². The van der Waals surface area contributed by atoms with Crippen LogP contribution in [-0.4, -0.2) is 28.8 Å². The molecule has 1 heterocycles. The minimum absolute atomic E-state index is 0.0959. The van der Waals surface area contributed by atoms with Crippen molar-refractivity contribution >= 4 is 40.3 Å². The van der Waals surface area contributed by atoms with Crippen molar-refractivity contribution in [2.45, 2.75) is 0 Å². The molecule has 0 bridgehead atoms. The van der Waals surface area contributed by atoms with Crippen LogP contribution >= 0.6 is 24.0 Å². The average molecular weight is 383 g/mol. The van der Waals surface area contributed by atoms with Crippen LogP contribution in [0.4, 0.5) is 0 Å². The number of nitrogens with zero attached hydrogens (tertiary/aromatic N) is 1. The van der Waals surface area contributed by atoms with Crippen molar-refractivity contribution in [1.82, 2.24) is 4.90 Å². The van der Waals surface area contributed by atoms with Gasteiger partial charge in [-0.05, 0) is 48.0 Å². The number of ether oxygens (including phenoxy) is 2. The lowest BCUT2D eigenvalue weighted by molar-refractivity contribution is -0.121. The molecule has 0 spiro atoms. The highest BCUT2D eigenvalue weighted by molar-refractivity contribution is 8.26. The molecule has 2 aromatic carbocycles. The van der Waals surface area contributed by atoms with Crippen molar-refractivity contribution in [2.75, 3.05) is 13.7 Å². The van der Waals surface area contributed by atoms with E-state index in [0.29, 0.717) is 27.3 Å². The molecule has 132 valence electrons. The summed E-state index contributed by atoms with van der Waals surface area (Å²) in [5.74, 6) is 2.07. The molecule has 4 nitrogen and oxygen atoms in total. The van der Waals surface area contributed by atoms with Gasteiger partial charge in [-0.2, -0.15) is 0 Å². The van der Waals surface area contributed by atoms with E-state index in [1.54, 1.807) is 13.2 Å². The van der Waals surface area contributed by atoms with Crippen molar-refractivity contribution in [3.63, 3.8) is 0 Å². The van der Waals surface area contributed by atoms with Crippen LogP contribution < -0.4 is 9.47 Å². The predicted molar refractivity (Wildman–Crippen MR) is 110 cm³/mol. The second-order valence-corrected chi connectivity index (χ2v) is 7.11. The van der Waals surface area contributed by atoms with Gasteiger partial charge in [0.15, 0.2) is 0 Å². The van der Waals surface area contributed by atoms with Gasteiger partial charge in [0.25, 0.3) is 5.91 Å². The van der Waals surface area contributed by atoms with Crippen molar-refractivity contribution in [2.24, 2.45) is 0 Å². The van der Waals surface area contributed by atoms with Gasteiger partial charge in [-0.25, -0.2) is 0 Å². The minimum atomic E-state index is -0.0959. The van der Waals surface area contributed by atoms with Gasteiger partial charge in [0.2, 0.25) is 0 Å². The molecule has 3 rings (SSSR count). The van der Waals surface area contributed by atoms with Crippen LogP contribution in [0.1, 0.15) is 5.56 Å². The fraction of sp³-hybridized carbons (Fsp3) is 0.100. The van der Waals surface area contributed by atoms with Gasteiger partial charge >= 0.3 is 0 Å². The maximum atomic E-state index is 12.4. The molecule has 2 aromatic rings. The third kappa shape index (κ3) is 4.15. The average Bonchev–Trinajstić information content (AvgIpc) is 2.90. The first-order valence-corrected chi connectivity index (χ1v) is 9.11. The Morgan fingerprint density at radius 1 is 1.15 bits per heavy atom. The first-order chi connectivity index (χ1) is 12.6. The second-order valence-electron chi connectivity index (χ2n) is 5.43. The Balaban J connectivity index is 1.77. The summed E-state index contributed by atoms with van der Waals surface area (Å²) in [4.78, 5) is 14.5. The molecular formula is C20H17NO3S2. The number of carbonyl (C=O) groups excluding carboxylic acids is 1. The lowest BCUT2D eigenvalue weighted by Gasteiger charge is -2.10. The Bertz CT molecular complexity index is 875. The van der Waals surface area contributed by atoms with E-state index >= 15 is 0 Å².